The molecule has 1 aliphatic rings. The van der Waals surface area contributed by atoms with E-state index in [0.29, 0.717) is 10.6 Å². The summed E-state index contributed by atoms with van der Waals surface area (Å²) in [5.74, 6) is -2.55. The Labute approximate surface area is 167 Å². The number of hydrogen-bond acceptors (Lipinski definition) is 6. The third kappa shape index (κ3) is 4.78. The van der Waals surface area contributed by atoms with Crippen LogP contribution in [0.15, 0.2) is 24.4 Å². The van der Waals surface area contributed by atoms with Crippen molar-refractivity contribution in [1.29, 1.82) is 0 Å². The SMILES string of the molecule is CCC(=O)Nc1nc2c(s1)C(=O)CC(C(=O)NC(c1ccccn1)C(F)(F)F)C2. The Balaban J connectivity index is 1.77. The van der Waals surface area contributed by atoms with E-state index >= 15 is 0 Å². The average molecular weight is 426 g/mol. The number of alkyl halides is 3. The van der Waals surface area contributed by atoms with Crippen LogP contribution >= 0.6 is 11.3 Å². The summed E-state index contributed by atoms with van der Waals surface area (Å²) >= 11 is 1.00. The lowest BCUT2D eigenvalue weighted by molar-refractivity contribution is -0.165. The number of fused-ring (bicyclic) bond motifs is 1. The van der Waals surface area contributed by atoms with E-state index in [1.54, 1.807) is 6.92 Å². The third-order valence-electron chi connectivity index (χ3n) is 4.36. The standard InChI is InChI=1S/C18H17F3N4O3S/c1-2-13(27)24-17-23-11-7-9(8-12(26)14(11)29-17)16(28)25-15(18(19,20)21)10-5-3-4-6-22-10/h3-6,9,15H,2,7-8H2,1H3,(H,25,28)(H,23,24,27). The van der Waals surface area contributed by atoms with Gasteiger partial charge in [-0.1, -0.05) is 24.3 Å². The molecule has 0 aliphatic heterocycles. The summed E-state index contributed by atoms with van der Waals surface area (Å²) in [4.78, 5) is 44.5. The summed E-state index contributed by atoms with van der Waals surface area (Å²) < 4.78 is 40.3. The molecule has 7 nitrogen and oxygen atoms in total. The molecule has 0 fully saturated rings. The minimum atomic E-state index is -4.74. The number of amides is 2. The largest absolute Gasteiger partial charge is 0.414 e. The molecule has 2 atom stereocenters. The number of ketones is 1. The zero-order valence-electron chi connectivity index (χ0n) is 15.2. The van der Waals surface area contributed by atoms with Crippen molar-refractivity contribution in [1.82, 2.24) is 15.3 Å². The number of aromatic nitrogens is 2. The number of carbonyl (C=O) groups is 3. The fourth-order valence-electron chi connectivity index (χ4n) is 2.91. The molecule has 0 radical (unpaired) electrons. The van der Waals surface area contributed by atoms with Gasteiger partial charge in [0.05, 0.1) is 22.2 Å². The molecule has 1 aliphatic carbocycles. The van der Waals surface area contributed by atoms with Gasteiger partial charge < -0.3 is 10.6 Å². The maximum atomic E-state index is 13.4. The van der Waals surface area contributed by atoms with E-state index in [9.17, 15) is 27.6 Å². The van der Waals surface area contributed by atoms with Crippen LogP contribution in [0.3, 0.4) is 0 Å². The molecule has 0 spiro atoms. The monoisotopic (exact) mass is 426 g/mol. The predicted octanol–water partition coefficient (Wildman–Crippen LogP) is 3.05. The molecule has 29 heavy (non-hydrogen) atoms. The Kier molecular flexibility index (Phi) is 5.96. The van der Waals surface area contributed by atoms with Crippen LogP contribution in [0, 0.1) is 5.92 Å². The highest BCUT2D eigenvalue weighted by Crippen LogP contribution is 2.35. The lowest BCUT2D eigenvalue weighted by Gasteiger charge is -2.25. The van der Waals surface area contributed by atoms with Crippen LogP contribution in [0.4, 0.5) is 18.3 Å². The molecule has 2 unspecified atom stereocenters. The first-order valence-corrected chi connectivity index (χ1v) is 9.61. The summed E-state index contributed by atoms with van der Waals surface area (Å²) in [6, 6.07) is 1.76. The fourth-order valence-corrected chi connectivity index (χ4v) is 3.86. The van der Waals surface area contributed by atoms with Gasteiger partial charge in [0.25, 0.3) is 0 Å². The van der Waals surface area contributed by atoms with Gasteiger partial charge in [-0.05, 0) is 12.1 Å². The highest BCUT2D eigenvalue weighted by atomic mass is 32.1. The number of anilines is 1. The van der Waals surface area contributed by atoms with Crippen molar-refractivity contribution in [2.75, 3.05) is 5.32 Å². The summed E-state index contributed by atoms with van der Waals surface area (Å²) in [7, 11) is 0. The highest BCUT2D eigenvalue weighted by Gasteiger charge is 2.44. The van der Waals surface area contributed by atoms with Crippen LogP contribution in [-0.2, 0) is 16.0 Å². The van der Waals surface area contributed by atoms with Crippen molar-refractivity contribution in [3.63, 3.8) is 0 Å². The summed E-state index contributed by atoms with van der Waals surface area (Å²) in [6.07, 6.45) is -3.52. The number of pyridine rings is 1. The van der Waals surface area contributed by atoms with Crippen molar-refractivity contribution in [3.05, 3.63) is 40.7 Å². The van der Waals surface area contributed by atoms with Crippen LogP contribution in [0.5, 0.6) is 0 Å². The zero-order valence-corrected chi connectivity index (χ0v) is 16.1. The topological polar surface area (TPSA) is 101 Å². The molecule has 2 N–H and O–H groups in total. The second kappa shape index (κ2) is 8.27. The van der Waals surface area contributed by atoms with Crippen molar-refractivity contribution >= 4 is 34.1 Å². The van der Waals surface area contributed by atoms with E-state index in [-0.39, 0.29) is 41.8 Å². The number of rotatable bonds is 5. The Morgan fingerprint density at radius 2 is 2.07 bits per heavy atom. The molecule has 0 saturated heterocycles. The molecule has 0 saturated carbocycles. The smallest absolute Gasteiger partial charge is 0.339 e. The zero-order chi connectivity index (χ0) is 21.2. The first-order chi connectivity index (χ1) is 13.7. The van der Waals surface area contributed by atoms with Gasteiger partial charge in [-0.25, -0.2) is 4.98 Å². The molecule has 2 aromatic rings. The number of halogens is 3. The molecular formula is C18H17F3N4O3S. The van der Waals surface area contributed by atoms with Crippen molar-refractivity contribution in [3.8, 4) is 0 Å². The molecule has 11 heteroatoms. The van der Waals surface area contributed by atoms with Crippen LogP contribution in [0.2, 0.25) is 0 Å². The molecule has 0 aromatic carbocycles. The Morgan fingerprint density at radius 1 is 1.31 bits per heavy atom. The van der Waals surface area contributed by atoms with Crippen molar-refractivity contribution < 1.29 is 27.6 Å². The van der Waals surface area contributed by atoms with Gasteiger partial charge in [-0.2, -0.15) is 13.2 Å². The van der Waals surface area contributed by atoms with Crippen molar-refractivity contribution in [2.24, 2.45) is 5.92 Å². The van der Waals surface area contributed by atoms with Gasteiger partial charge >= 0.3 is 6.18 Å². The maximum Gasteiger partial charge on any atom is 0.414 e. The summed E-state index contributed by atoms with van der Waals surface area (Å²) in [5, 5.41) is 4.75. The van der Waals surface area contributed by atoms with Gasteiger partial charge in [0.15, 0.2) is 17.0 Å². The normalized spacial score (nSPS) is 17.4. The number of hydrogen-bond donors (Lipinski definition) is 2. The minimum absolute atomic E-state index is 0.0121. The van der Waals surface area contributed by atoms with Gasteiger partial charge in [0.1, 0.15) is 0 Å². The van der Waals surface area contributed by atoms with E-state index in [1.807, 2.05) is 5.32 Å². The Bertz CT molecular complexity index is 930. The molecule has 0 bridgehead atoms. The van der Waals surface area contributed by atoms with E-state index in [0.717, 1.165) is 11.3 Å². The first kappa shape index (κ1) is 20.9. The number of thiazole rings is 1. The van der Waals surface area contributed by atoms with Gasteiger partial charge in [0, 0.05) is 25.5 Å². The molecule has 2 amide bonds. The van der Waals surface area contributed by atoms with Crippen LogP contribution in [-0.4, -0.2) is 33.7 Å². The predicted molar refractivity (Wildman–Crippen MR) is 98.4 cm³/mol. The lowest BCUT2D eigenvalue weighted by Crippen LogP contribution is -2.43. The molecule has 154 valence electrons. The summed E-state index contributed by atoms with van der Waals surface area (Å²) in [6.45, 7) is 1.66. The molecule has 2 heterocycles. The minimum Gasteiger partial charge on any atom is -0.339 e. The Morgan fingerprint density at radius 3 is 2.69 bits per heavy atom. The number of carbonyl (C=O) groups excluding carboxylic acids is 3. The van der Waals surface area contributed by atoms with E-state index < -0.39 is 24.0 Å². The average Bonchev–Trinajstić information content (AvgIpc) is 3.08. The molecule has 3 rings (SSSR count). The number of nitrogens with one attached hydrogen (secondary N) is 2. The van der Waals surface area contributed by atoms with Gasteiger partial charge in [0.2, 0.25) is 11.8 Å². The highest BCUT2D eigenvalue weighted by molar-refractivity contribution is 7.17. The van der Waals surface area contributed by atoms with Crippen LogP contribution < -0.4 is 10.6 Å². The molecule has 2 aromatic heterocycles. The van der Waals surface area contributed by atoms with E-state index in [1.165, 1.54) is 24.4 Å². The number of Topliss-reactive ketones (excluding diaryl/α,β-unsaturated/α-hetero) is 1. The maximum absolute atomic E-state index is 13.4. The summed E-state index contributed by atoms with van der Waals surface area (Å²) in [5.41, 5.74) is -0.0337. The second-order valence-corrected chi connectivity index (χ2v) is 7.46. The van der Waals surface area contributed by atoms with Crippen molar-refractivity contribution in [2.45, 2.75) is 38.4 Å². The quantitative estimate of drug-likeness (QED) is 0.765. The molecular weight excluding hydrogens is 409 g/mol. The van der Waals surface area contributed by atoms with E-state index in [4.69, 9.17) is 0 Å². The van der Waals surface area contributed by atoms with Crippen LogP contribution in [0.1, 0.15) is 46.9 Å². The Hall–Kier alpha value is -2.82. The fraction of sp³-hybridized carbons (Fsp3) is 0.389. The third-order valence-corrected chi connectivity index (χ3v) is 5.41. The van der Waals surface area contributed by atoms with E-state index in [2.05, 4.69) is 15.3 Å². The number of nitrogens with zero attached hydrogens (tertiary/aromatic N) is 2. The first-order valence-electron chi connectivity index (χ1n) is 8.79. The second-order valence-electron chi connectivity index (χ2n) is 6.46. The lowest BCUT2D eigenvalue weighted by atomic mass is 9.89. The van der Waals surface area contributed by atoms with Gasteiger partial charge in [-0.3, -0.25) is 19.4 Å². The van der Waals surface area contributed by atoms with Gasteiger partial charge in [-0.15, -0.1) is 0 Å². The van der Waals surface area contributed by atoms with Crippen LogP contribution in [0.25, 0.3) is 0 Å².